The van der Waals surface area contributed by atoms with Crippen LogP contribution in [0.3, 0.4) is 0 Å². The van der Waals surface area contributed by atoms with Crippen LogP contribution < -0.4 is 5.46 Å². The summed E-state index contributed by atoms with van der Waals surface area (Å²) < 4.78 is 38.4. The van der Waals surface area contributed by atoms with Crippen LogP contribution in [0.15, 0.2) is 36.4 Å². The summed E-state index contributed by atoms with van der Waals surface area (Å²) in [5, 5.41) is 18.4. The highest BCUT2D eigenvalue weighted by atomic mass is 19.4. The molecular formula is C11H8BF3O2. The highest BCUT2D eigenvalue weighted by molar-refractivity contribution is 6.62. The van der Waals surface area contributed by atoms with E-state index in [1.54, 1.807) is 0 Å². The molecule has 17 heavy (non-hydrogen) atoms. The molecule has 0 aliphatic heterocycles. The lowest BCUT2D eigenvalue weighted by atomic mass is 9.76. The first kappa shape index (κ1) is 11.9. The third-order valence-electron chi connectivity index (χ3n) is 2.52. The third kappa shape index (κ3) is 2.14. The minimum Gasteiger partial charge on any atom is -0.423 e. The second-order valence-electron chi connectivity index (χ2n) is 3.62. The van der Waals surface area contributed by atoms with E-state index in [9.17, 15) is 13.2 Å². The van der Waals surface area contributed by atoms with Crippen molar-refractivity contribution in [3.8, 4) is 0 Å². The van der Waals surface area contributed by atoms with Crippen molar-refractivity contribution in [2.45, 2.75) is 6.18 Å². The Morgan fingerprint density at radius 2 is 1.53 bits per heavy atom. The monoisotopic (exact) mass is 240 g/mol. The van der Waals surface area contributed by atoms with Gasteiger partial charge in [0.25, 0.3) is 0 Å². The van der Waals surface area contributed by atoms with Crippen molar-refractivity contribution in [1.82, 2.24) is 0 Å². The quantitative estimate of drug-likeness (QED) is 0.742. The number of hydrogen-bond acceptors (Lipinski definition) is 2. The fraction of sp³-hybridized carbons (Fsp3) is 0.0909. The van der Waals surface area contributed by atoms with E-state index in [0.29, 0.717) is 5.39 Å². The van der Waals surface area contributed by atoms with Crippen molar-refractivity contribution in [2.75, 3.05) is 0 Å². The molecule has 0 aliphatic rings. The second-order valence-corrected chi connectivity index (χ2v) is 3.62. The summed E-state index contributed by atoms with van der Waals surface area (Å²) in [6.07, 6.45) is -4.52. The second kappa shape index (κ2) is 4.05. The summed E-state index contributed by atoms with van der Waals surface area (Å²) in [6, 6.07) is 7.96. The van der Waals surface area contributed by atoms with Crippen LogP contribution in [-0.4, -0.2) is 17.2 Å². The summed E-state index contributed by atoms with van der Waals surface area (Å²) >= 11 is 0. The minimum absolute atomic E-state index is 0.143. The van der Waals surface area contributed by atoms with Gasteiger partial charge < -0.3 is 10.0 Å². The average molecular weight is 240 g/mol. The molecule has 2 rings (SSSR count). The molecule has 0 fully saturated rings. The molecule has 0 heterocycles. The SMILES string of the molecule is OB(O)c1cccc2cccc(C(F)(F)F)c12. The van der Waals surface area contributed by atoms with Crippen LogP contribution in [0, 0.1) is 0 Å². The van der Waals surface area contributed by atoms with E-state index >= 15 is 0 Å². The van der Waals surface area contributed by atoms with Gasteiger partial charge in [-0.1, -0.05) is 30.3 Å². The van der Waals surface area contributed by atoms with Gasteiger partial charge in [0.1, 0.15) is 0 Å². The maximum absolute atomic E-state index is 12.8. The summed E-state index contributed by atoms with van der Waals surface area (Å²) in [5.74, 6) is 0. The van der Waals surface area contributed by atoms with Gasteiger partial charge in [0.15, 0.2) is 0 Å². The van der Waals surface area contributed by atoms with Crippen LogP contribution in [0.2, 0.25) is 0 Å². The molecule has 0 saturated heterocycles. The molecule has 88 valence electrons. The van der Waals surface area contributed by atoms with Crippen molar-refractivity contribution >= 4 is 23.4 Å². The van der Waals surface area contributed by atoms with Gasteiger partial charge in [-0.25, -0.2) is 0 Å². The van der Waals surface area contributed by atoms with Crippen molar-refractivity contribution < 1.29 is 23.2 Å². The number of benzene rings is 2. The summed E-state index contributed by atoms with van der Waals surface area (Å²) in [4.78, 5) is 0. The fourth-order valence-electron chi connectivity index (χ4n) is 1.82. The van der Waals surface area contributed by atoms with E-state index < -0.39 is 18.9 Å². The Labute approximate surface area is 95.5 Å². The predicted octanol–water partition coefficient (Wildman–Crippen LogP) is 1.54. The van der Waals surface area contributed by atoms with Crippen molar-refractivity contribution in [3.05, 3.63) is 42.0 Å². The molecule has 2 N–H and O–H groups in total. The Kier molecular flexibility index (Phi) is 2.85. The first-order valence-electron chi connectivity index (χ1n) is 4.86. The standard InChI is InChI=1S/C11H8BF3O2/c13-11(14,15)8-5-1-3-7-4-2-6-9(10(7)8)12(16)17/h1-6,16-17H. The lowest BCUT2D eigenvalue weighted by Crippen LogP contribution is -2.31. The van der Waals surface area contributed by atoms with Crippen LogP contribution in [0.25, 0.3) is 10.8 Å². The zero-order chi connectivity index (χ0) is 12.6. The van der Waals surface area contributed by atoms with Gasteiger partial charge in [0.2, 0.25) is 0 Å². The van der Waals surface area contributed by atoms with E-state index in [1.807, 2.05) is 0 Å². The lowest BCUT2D eigenvalue weighted by Gasteiger charge is -2.13. The van der Waals surface area contributed by atoms with Crippen LogP contribution in [0.1, 0.15) is 5.56 Å². The Bertz CT molecular complexity index is 547. The van der Waals surface area contributed by atoms with Crippen LogP contribution >= 0.6 is 0 Å². The zero-order valence-electron chi connectivity index (χ0n) is 8.57. The molecular weight excluding hydrogens is 232 g/mol. The smallest absolute Gasteiger partial charge is 0.423 e. The highest BCUT2D eigenvalue weighted by Crippen LogP contribution is 2.33. The van der Waals surface area contributed by atoms with Crippen molar-refractivity contribution in [3.63, 3.8) is 0 Å². The summed E-state index contributed by atoms with van der Waals surface area (Å²) in [5.41, 5.74) is -1.01. The van der Waals surface area contributed by atoms with Gasteiger partial charge in [-0.3, -0.25) is 0 Å². The number of hydrogen-bond donors (Lipinski definition) is 2. The van der Waals surface area contributed by atoms with E-state index in [4.69, 9.17) is 10.0 Å². The van der Waals surface area contributed by atoms with Crippen LogP contribution in [0.4, 0.5) is 13.2 Å². The molecule has 0 amide bonds. The maximum Gasteiger partial charge on any atom is 0.489 e. The fourth-order valence-corrected chi connectivity index (χ4v) is 1.82. The van der Waals surface area contributed by atoms with Gasteiger partial charge >= 0.3 is 13.3 Å². The van der Waals surface area contributed by atoms with E-state index in [0.717, 1.165) is 6.07 Å². The molecule has 0 saturated carbocycles. The largest absolute Gasteiger partial charge is 0.489 e. The first-order chi connectivity index (χ1) is 7.91. The Balaban J connectivity index is 2.86. The van der Waals surface area contributed by atoms with Gasteiger partial charge in [-0.05, 0) is 22.3 Å². The van der Waals surface area contributed by atoms with Gasteiger partial charge in [0, 0.05) is 0 Å². The van der Waals surface area contributed by atoms with Gasteiger partial charge in [0.05, 0.1) is 5.56 Å². The number of fused-ring (bicyclic) bond motifs is 1. The number of rotatable bonds is 1. The minimum atomic E-state index is -4.52. The van der Waals surface area contributed by atoms with Gasteiger partial charge in [-0.15, -0.1) is 0 Å². The Hall–Kier alpha value is -1.53. The van der Waals surface area contributed by atoms with Crippen molar-refractivity contribution in [1.29, 1.82) is 0 Å². The molecule has 0 radical (unpaired) electrons. The number of alkyl halides is 3. The Morgan fingerprint density at radius 1 is 0.941 bits per heavy atom. The zero-order valence-corrected chi connectivity index (χ0v) is 8.57. The highest BCUT2D eigenvalue weighted by Gasteiger charge is 2.34. The molecule has 0 aromatic heterocycles. The van der Waals surface area contributed by atoms with E-state index in [-0.39, 0.29) is 10.8 Å². The Morgan fingerprint density at radius 3 is 2.06 bits per heavy atom. The molecule has 0 unspecified atom stereocenters. The van der Waals surface area contributed by atoms with Gasteiger partial charge in [-0.2, -0.15) is 13.2 Å². The molecule has 0 aliphatic carbocycles. The van der Waals surface area contributed by atoms with E-state index in [1.165, 1.54) is 30.3 Å². The maximum atomic E-state index is 12.8. The lowest BCUT2D eigenvalue weighted by molar-refractivity contribution is -0.136. The molecule has 6 heteroatoms. The number of halogens is 3. The molecule has 2 nitrogen and oxygen atoms in total. The summed E-state index contributed by atoms with van der Waals surface area (Å²) in [6.45, 7) is 0. The van der Waals surface area contributed by atoms with Crippen LogP contribution in [-0.2, 0) is 6.18 Å². The topological polar surface area (TPSA) is 40.5 Å². The molecule has 0 atom stereocenters. The molecule has 2 aromatic rings. The molecule has 0 bridgehead atoms. The predicted molar refractivity (Wildman–Crippen MR) is 58.8 cm³/mol. The first-order valence-corrected chi connectivity index (χ1v) is 4.86. The summed E-state index contributed by atoms with van der Waals surface area (Å²) in [7, 11) is -1.93. The third-order valence-corrected chi connectivity index (χ3v) is 2.52. The molecule has 2 aromatic carbocycles. The normalized spacial score (nSPS) is 11.8. The average Bonchev–Trinajstić information content (AvgIpc) is 2.26. The van der Waals surface area contributed by atoms with E-state index in [2.05, 4.69) is 0 Å². The van der Waals surface area contributed by atoms with Crippen molar-refractivity contribution in [2.24, 2.45) is 0 Å². The molecule has 0 spiro atoms. The van der Waals surface area contributed by atoms with Crippen LogP contribution in [0.5, 0.6) is 0 Å².